The third-order valence-electron chi connectivity index (χ3n) is 3.03. The number of anilines is 3. The quantitative estimate of drug-likeness (QED) is 0.775. The molecule has 4 nitrogen and oxygen atoms in total. The molecule has 0 aliphatic rings. The Bertz CT molecular complexity index is 572. The lowest BCUT2D eigenvalue weighted by Gasteiger charge is -2.11. The van der Waals surface area contributed by atoms with Crippen LogP contribution in [-0.4, -0.2) is 16.5 Å². The van der Waals surface area contributed by atoms with Crippen LogP contribution >= 0.6 is 11.6 Å². The van der Waals surface area contributed by atoms with Crippen molar-refractivity contribution in [3.63, 3.8) is 0 Å². The molecule has 0 aliphatic carbocycles. The van der Waals surface area contributed by atoms with Gasteiger partial charge in [0.25, 0.3) is 0 Å². The summed E-state index contributed by atoms with van der Waals surface area (Å²) >= 11 is 6.11. The largest absolute Gasteiger partial charge is 0.370 e. The number of benzene rings is 1. The van der Waals surface area contributed by atoms with Crippen molar-refractivity contribution in [2.75, 3.05) is 17.2 Å². The first kappa shape index (κ1) is 14.6. The maximum atomic E-state index is 6.11. The zero-order valence-corrected chi connectivity index (χ0v) is 12.5. The summed E-state index contributed by atoms with van der Waals surface area (Å²) in [4.78, 5) is 8.43. The predicted molar refractivity (Wildman–Crippen MR) is 84.9 cm³/mol. The van der Waals surface area contributed by atoms with Gasteiger partial charge in [-0.25, -0.2) is 9.97 Å². The molecule has 0 spiro atoms. The van der Waals surface area contributed by atoms with Crippen LogP contribution in [0.25, 0.3) is 0 Å². The minimum absolute atomic E-state index is 0.741. The summed E-state index contributed by atoms with van der Waals surface area (Å²) in [7, 11) is 0. The molecule has 1 aromatic carbocycles. The smallest absolute Gasteiger partial charge is 0.135 e. The molecule has 0 radical (unpaired) electrons. The van der Waals surface area contributed by atoms with Gasteiger partial charge in [-0.3, -0.25) is 0 Å². The van der Waals surface area contributed by atoms with Crippen LogP contribution in [0.3, 0.4) is 0 Å². The van der Waals surface area contributed by atoms with Crippen molar-refractivity contribution in [1.82, 2.24) is 9.97 Å². The highest BCUT2D eigenvalue weighted by atomic mass is 35.5. The van der Waals surface area contributed by atoms with Gasteiger partial charge in [0.15, 0.2) is 0 Å². The molecule has 0 amide bonds. The van der Waals surface area contributed by atoms with Crippen LogP contribution in [0.15, 0.2) is 30.6 Å². The lowest BCUT2D eigenvalue weighted by Crippen LogP contribution is -2.04. The first-order chi connectivity index (χ1) is 9.70. The van der Waals surface area contributed by atoms with Crippen molar-refractivity contribution >= 4 is 28.9 Å². The molecule has 2 N–H and O–H groups in total. The number of hydrogen-bond acceptors (Lipinski definition) is 4. The molecule has 0 unspecified atom stereocenters. The van der Waals surface area contributed by atoms with Crippen molar-refractivity contribution in [2.45, 2.75) is 26.7 Å². The number of aromatic nitrogens is 2. The Morgan fingerprint density at radius 2 is 2.00 bits per heavy atom. The van der Waals surface area contributed by atoms with Crippen LogP contribution in [0.5, 0.6) is 0 Å². The van der Waals surface area contributed by atoms with E-state index in [-0.39, 0.29) is 0 Å². The summed E-state index contributed by atoms with van der Waals surface area (Å²) in [5, 5.41) is 7.29. The number of hydrogen-bond donors (Lipinski definition) is 2. The van der Waals surface area contributed by atoms with Crippen molar-refractivity contribution in [2.24, 2.45) is 0 Å². The SMILES string of the molecule is CCCCNc1cc(Nc2cccc(Cl)c2C)ncn1. The molecule has 106 valence electrons. The molecule has 1 aromatic heterocycles. The standard InChI is InChI=1S/C15H19ClN4/c1-3-4-8-17-14-9-15(19-10-18-14)20-13-7-5-6-12(16)11(13)2/h5-7,9-10H,3-4,8H2,1-2H3,(H2,17,18,19,20). The molecule has 2 aromatic rings. The van der Waals surface area contributed by atoms with Gasteiger partial charge >= 0.3 is 0 Å². The fraction of sp³-hybridized carbons (Fsp3) is 0.333. The highest BCUT2D eigenvalue weighted by Gasteiger charge is 2.04. The lowest BCUT2D eigenvalue weighted by atomic mass is 10.2. The van der Waals surface area contributed by atoms with E-state index in [9.17, 15) is 0 Å². The molecule has 20 heavy (non-hydrogen) atoms. The predicted octanol–water partition coefficient (Wildman–Crippen LogP) is 4.39. The summed E-state index contributed by atoms with van der Waals surface area (Å²) in [6.07, 6.45) is 3.83. The Morgan fingerprint density at radius 1 is 1.20 bits per heavy atom. The zero-order chi connectivity index (χ0) is 14.4. The van der Waals surface area contributed by atoms with Gasteiger partial charge in [0, 0.05) is 23.3 Å². The van der Waals surface area contributed by atoms with Gasteiger partial charge in [0.1, 0.15) is 18.0 Å². The van der Waals surface area contributed by atoms with Crippen LogP contribution in [0.1, 0.15) is 25.3 Å². The summed E-state index contributed by atoms with van der Waals surface area (Å²) in [6.45, 7) is 5.06. The zero-order valence-electron chi connectivity index (χ0n) is 11.8. The molecule has 5 heteroatoms. The molecule has 0 atom stereocenters. The highest BCUT2D eigenvalue weighted by molar-refractivity contribution is 6.31. The Hall–Kier alpha value is -1.81. The van der Waals surface area contributed by atoms with E-state index >= 15 is 0 Å². The molecular weight excluding hydrogens is 272 g/mol. The van der Waals surface area contributed by atoms with Crippen molar-refractivity contribution < 1.29 is 0 Å². The van der Waals surface area contributed by atoms with Crippen LogP contribution in [-0.2, 0) is 0 Å². The fourth-order valence-corrected chi connectivity index (χ4v) is 1.97. The van der Waals surface area contributed by atoms with Crippen LogP contribution in [0, 0.1) is 6.92 Å². The van der Waals surface area contributed by atoms with Gasteiger partial charge in [0.2, 0.25) is 0 Å². The maximum absolute atomic E-state index is 6.11. The molecule has 1 heterocycles. The second kappa shape index (κ2) is 7.10. The molecule has 2 rings (SSSR count). The lowest BCUT2D eigenvalue weighted by molar-refractivity contribution is 0.830. The molecule has 0 fully saturated rings. The Kier molecular flexibility index (Phi) is 5.18. The van der Waals surface area contributed by atoms with E-state index in [1.54, 1.807) is 6.33 Å². The highest BCUT2D eigenvalue weighted by Crippen LogP contribution is 2.25. The molecule has 0 saturated heterocycles. The topological polar surface area (TPSA) is 49.8 Å². The van der Waals surface area contributed by atoms with E-state index in [0.717, 1.165) is 47.3 Å². The number of nitrogens with zero attached hydrogens (tertiary/aromatic N) is 2. The van der Waals surface area contributed by atoms with Crippen LogP contribution in [0.2, 0.25) is 5.02 Å². The second-order valence-electron chi connectivity index (χ2n) is 4.61. The monoisotopic (exact) mass is 290 g/mol. The Balaban J connectivity index is 2.09. The first-order valence-electron chi connectivity index (χ1n) is 6.78. The molecule has 0 aliphatic heterocycles. The Morgan fingerprint density at radius 3 is 2.80 bits per heavy atom. The normalized spacial score (nSPS) is 10.3. The molecule has 0 bridgehead atoms. The number of halogens is 1. The van der Waals surface area contributed by atoms with Crippen molar-refractivity contribution in [3.05, 3.63) is 41.2 Å². The van der Waals surface area contributed by atoms with Gasteiger partial charge < -0.3 is 10.6 Å². The second-order valence-corrected chi connectivity index (χ2v) is 5.01. The van der Waals surface area contributed by atoms with Crippen LogP contribution in [0.4, 0.5) is 17.3 Å². The average Bonchev–Trinajstić information content (AvgIpc) is 2.45. The van der Waals surface area contributed by atoms with Crippen molar-refractivity contribution in [1.29, 1.82) is 0 Å². The average molecular weight is 291 g/mol. The van der Waals surface area contributed by atoms with E-state index in [2.05, 4.69) is 27.5 Å². The molecular formula is C15H19ClN4. The number of nitrogens with one attached hydrogen (secondary N) is 2. The van der Waals surface area contributed by atoms with Gasteiger partial charge in [0.05, 0.1) is 0 Å². The summed E-state index contributed by atoms with van der Waals surface area (Å²) < 4.78 is 0. The molecule has 0 saturated carbocycles. The van der Waals surface area contributed by atoms with E-state index in [0.29, 0.717) is 0 Å². The van der Waals surface area contributed by atoms with E-state index < -0.39 is 0 Å². The fourth-order valence-electron chi connectivity index (χ4n) is 1.80. The van der Waals surface area contributed by atoms with Gasteiger partial charge in [-0.1, -0.05) is 31.0 Å². The minimum atomic E-state index is 0.741. The summed E-state index contributed by atoms with van der Waals surface area (Å²) in [5.74, 6) is 1.58. The van der Waals surface area contributed by atoms with E-state index in [1.165, 1.54) is 0 Å². The third kappa shape index (κ3) is 3.84. The minimum Gasteiger partial charge on any atom is -0.370 e. The summed E-state index contributed by atoms with van der Waals surface area (Å²) in [5.41, 5.74) is 1.96. The summed E-state index contributed by atoms with van der Waals surface area (Å²) in [6, 6.07) is 7.67. The van der Waals surface area contributed by atoms with E-state index in [1.807, 2.05) is 31.2 Å². The van der Waals surface area contributed by atoms with Crippen LogP contribution < -0.4 is 10.6 Å². The first-order valence-corrected chi connectivity index (χ1v) is 7.16. The third-order valence-corrected chi connectivity index (χ3v) is 3.44. The number of unbranched alkanes of at least 4 members (excludes halogenated alkanes) is 1. The van der Waals surface area contributed by atoms with Gasteiger partial charge in [-0.2, -0.15) is 0 Å². The number of rotatable bonds is 6. The van der Waals surface area contributed by atoms with E-state index in [4.69, 9.17) is 11.6 Å². The van der Waals surface area contributed by atoms with Gasteiger partial charge in [-0.15, -0.1) is 0 Å². The maximum Gasteiger partial charge on any atom is 0.135 e. The van der Waals surface area contributed by atoms with Crippen molar-refractivity contribution in [3.8, 4) is 0 Å². The van der Waals surface area contributed by atoms with Gasteiger partial charge in [-0.05, 0) is 31.0 Å². The Labute approximate surface area is 124 Å².